The highest BCUT2D eigenvalue weighted by atomic mass is 35.5. The lowest BCUT2D eigenvalue weighted by atomic mass is 9.99. The van der Waals surface area contributed by atoms with Gasteiger partial charge in [0.15, 0.2) is 11.5 Å². The number of ether oxygens (including phenoxy) is 2. The smallest absolute Gasteiger partial charge is 0.163 e. The van der Waals surface area contributed by atoms with Gasteiger partial charge < -0.3 is 14.6 Å². The molecule has 0 bridgehead atoms. The Balaban J connectivity index is 2.49. The van der Waals surface area contributed by atoms with E-state index in [4.69, 9.17) is 21.1 Å². The van der Waals surface area contributed by atoms with Crippen LogP contribution in [0.15, 0.2) is 30.3 Å². The zero-order valence-corrected chi connectivity index (χ0v) is 12.7. The van der Waals surface area contributed by atoms with Gasteiger partial charge >= 0.3 is 0 Å². The molecule has 0 fully saturated rings. The first-order valence-electron chi connectivity index (χ1n) is 6.33. The van der Waals surface area contributed by atoms with Crippen LogP contribution in [0.25, 0.3) is 0 Å². The van der Waals surface area contributed by atoms with Crippen LogP contribution in [-0.4, -0.2) is 19.3 Å². The quantitative estimate of drug-likeness (QED) is 0.931. The zero-order chi connectivity index (χ0) is 15.6. The highest BCUT2D eigenvalue weighted by molar-refractivity contribution is 6.30. The van der Waals surface area contributed by atoms with Gasteiger partial charge in [0.2, 0.25) is 0 Å². The van der Waals surface area contributed by atoms with E-state index in [2.05, 4.69) is 0 Å². The molecule has 1 N–H and O–H groups in total. The van der Waals surface area contributed by atoms with Crippen molar-refractivity contribution in [2.45, 2.75) is 13.0 Å². The lowest BCUT2D eigenvalue weighted by Gasteiger charge is -2.16. The van der Waals surface area contributed by atoms with Crippen molar-refractivity contribution >= 4 is 11.6 Å². The minimum absolute atomic E-state index is 0.106. The fourth-order valence-electron chi connectivity index (χ4n) is 2.18. The molecule has 0 amide bonds. The maximum Gasteiger partial charge on any atom is 0.163 e. The molecule has 0 aliphatic rings. The fourth-order valence-corrected chi connectivity index (χ4v) is 2.48. The summed E-state index contributed by atoms with van der Waals surface area (Å²) < 4.78 is 24.3. The molecule has 1 unspecified atom stereocenters. The highest BCUT2D eigenvalue weighted by Crippen LogP contribution is 2.35. The van der Waals surface area contributed by atoms with Crippen LogP contribution in [0.1, 0.15) is 22.8 Å². The molecular weight excluding hydrogens is 295 g/mol. The number of halogens is 2. The van der Waals surface area contributed by atoms with Crippen molar-refractivity contribution < 1.29 is 19.0 Å². The average molecular weight is 311 g/mol. The number of benzene rings is 2. The number of aliphatic hydroxyl groups is 1. The molecule has 0 aliphatic carbocycles. The maximum atomic E-state index is 14.2. The minimum atomic E-state index is -1.14. The van der Waals surface area contributed by atoms with Crippen molar-refractivity contribution in [3.05, 3.63) is 57.9 Å². The Labute approximate surface area is 127 Å². The van der Waals surface area contributed by atoms with Crippen molar-refractivity contribution in [1.82, 2.24) is 0 Å². The standard InChI is InChI=1S/C16H16ClFO3/c1-9-4-10(6-11(17)5-9)16(19)12-7-14(20-2)15(21-3)8-13(12)18/h4-8,16,19H,1-3H3. The molecular formula is C16H16ClFO3. The molecule has 0 spiro atoms. The predicted molar refractivity (Wildman–Crippen MR) is 79.8 cm³/mol. The second-order valence-electron chi connectivity index (χ2n) is 4.69. The van der Waals surface area contributed by atoms with Gasteiger partial charge in [0, 0.05) is 16.7 Å². The normalized spacial score (nSPS) is 12.1. The summed E-state index contributed by atoms with van der Waals surface area (Å²) in [5.74, 6) is 0.0534. The van der Waals surface area contributed by atoms with Gasteiger partial charge in [-0.05, 0) is 36.2 Å². The van der Waals surface area contributed by atoms with E-state index >= 15 is 0 Å². The van der Waals surface area contributed by atoms with E-state index in [1.54, 1.807) is 18.2 Å². The van der Waals surface area contributed by atoms with E-state index in [1.165, 1.54) is 26.4 Å². The Bertz CT molecular complexity index is 638. The van der Waals surface area contributed by atoms with Crippen molar-refractivity contribution in [3.63, 3.8) is 0 Å². The SMILES string of the molecule is COc1cc(F)c(C(O)c2cc(C)cc(Cl)c2)cc1OC. The third-order valence-electron chi connectivity index (χ3n) is 3.18. The first-order valence-corrected chi connectivity index (χ1v) is 6.70. The first-order chi connectivity index (χ1) is 9.96. The third-order valence-corrected chi connectivity index (χ3v) is 3.40. The lowest BCUT2D eigenvalue weighted by molar-refractivity contribution is 0.213. The number of methoxy groups -OCH3 is 2. The van der Waals surface area contributed by atoms with E-state index in [-0.39, 0.29) is 11.3 Å². The molecule has 2 rings (SSSR count). The summed E-state index contributed by atoms with van der Waals surface area (Å²) in [6.07, 6.45) is -1.14. The van der Waals surface area contributed by atoms with Gasteiger partial charge in [0.25, 0.3) is 0 Å². The van der Waals surface area contributed by atoms with E-state index in [0.29, 0.717) is 16.3 Å². The Kier molecular flexibility index (Phi) is 4.70. The molecule has 0 aromatic heterocycles. The van der Waals surface area contributed by atoms with Crippen LogP contribution in [0.3, 0.4) is 0 Å². The van der Waals surface area contributed by atoms with Gasteiger partial charge in [-0.1, -0.05) is 17.7 Å². The van der Waals surface area contributed by atoms with Crippen molar-refractivity contribution in [3.8, 4) is 11.5 Å². The first kappa shape index (κ1) is 15.6. The zero-order valence-electron chi connectivity index (χ0n) is 12.0. The van der Waals surface area contributed by atoms with Crippen molar-refractivity contribution in [2.75, 3.05) is 14.2 Å². The van der Waals surface area contributed by atoms with Gasteiger partial charge in [0.05, 0.1) is 14.2 Å². The van der Waals surface area contributed by atoms with Crippen LogP contribution in [0.5, 0.6) is 11.5 Å². The number of aryl methyl sites for hydroxylation is 1. The predicted octanol–water partition coefficient (Wildman–Crippen LogP) is 3.89. The summed E-state index contributed by atoms with van der Waals surface area (Å²) in [4.78, 5) is 0. The largest absolute Gasteiger partial charge is 0.493 e. The van der Waals surface area contributed by atoms with Gasteiger partial charge in [-0.25, -0.2) is 4.39 Å². The summed E-state index contributed by atoms with van der Waals surface area (Å²) in [6, 6.07) is 7.74. The molecule has 1 atom stereocenters. The van der Waals surface area contributed by atoms with Crippen LogP contribution in [0.2, 0.25) is 5.02 Å². The second kappa shape index (κ2) is 6.33. The van der Waals surface area contributed by atoms with Crippen LogP contribution >= 0.6 is 11.6 Å². The number of rotatable bonds is 4. The molecule has 2 aromatic carbocycles. The molecule has 0 radical (unpaired) electrons. The Morgan fingerprint density at radius 3 is 2.24 bits per heavy atom. The Morgan fingerprint density at radius 1 is 1.05 bits per heavy atom. The summed E-state index contributed by atoms with van der Waals surface area (Å²) in [5, 5.41) is 10.9. The number of aliphatic hydroxyl groups excluding tert-OH is 1. The van der Waals surface area contributed by atoms with Crippen LogP contribution in [-0.2, 0) is 0 Å². The molecule has 0 aliphatic heterocycles. The summed E-state index contributed by atoms with van der Waals surface area (Å²) in [7, 11) is 2.88. The topological polar surface area (TPSA) is 38.7 Å². The average Bonchev–Trinajstić information content (AvgIpc) is 2.45. The molecule has 0 saturated carbocycles. The van der Waals surface area contributed by atoms with E-state index in [9.17, 15) is 9.50 Å². The molecule has 3 nitrogen and oxygen atoms in total. The second-order valence-corrected chi connectivity index (χ2v) is 5.13. The maximum absolute atomic E-state index is 14.2. The van der Waals surface area contributed by atoms with Crippen LogP contribution in [0.4, 0.5) is 4.39 Å². The Hall–Kier alpha value is -1.78. The van der Waals surface area contributed by atoms with Crippen LogP contribution in [0, 0.1) is 12.7 Å². The number of hydrogen-bond donors (Lipinski definition) is 1. The lowest BCUT2D eigenvalue weighted by Crippen LogP contribution is -2.05. The van der Waals surface area contributed by atoms with Crippen molar-refractivity contribution in [2.24, 2.45) is 0 Å². The van der Waals surface area contributed by atoms with Gasteiger partial charge in [-0.15, -0.1) is 0 Å². The van der Waals surface area contributed by atoms with Crippen LogP contribution < -0.4 is 9.47 Å². The summed E-state index contributed by atoms with van der Waals surface area (Å²) in [6.45, 7) is 1.85. The highest BCUT2D eigenvalue weighted by Gasteiger charge is 2.19. The third kappa shape index (κ3) is 3.28. The minimum Gasteiger partial charge on any atom is -0.493 e. The molecule has 0 saturated heterocycles. The molecule has 0 heterocycles. The number of hydrogen-bond acceptors (Lipinski definition) is 3. The summed E-state index contributed by atoms with van der Waals surface area (Å²) >= 11 is 5.98. The van der Waals surface area contributed by atoms with Crippen molar-refractivity contribution in [1.29, 1.82) is 0 Å². The fraction of sp³-hybridized carbons (Fsp3) is 0.250. The molecule has 2 aromatic rings. The monoisotopic (exact) mass is 310 g/mol. The van der Waals surface area contributed by atoms with Gasteiger partial charge in [0.1, 0.15) is 11.9 Å². The van der Waals surface area contributed by atoms with Gasteiger partial charge in [-0.2, -0.15) is 0 Å². The molecule has 5 heteroatoms. The molecule has 112 valence electrons. The Morgan fingerprint density at radius 2 is 1.67 bits per heavy atom. The summed E-state index contributed by atoms with van der Waals surface area (Å²) in [5.41, 5.74) is 1.51. The van der Waals surface area contributed by atoms with E-state index in [0.717, 1.165) is 5.56 Å². The van der Waals surface area contributed by atoms with Gasteiger partial charge in [-0.3, -0.25) is 0 Å². The molecule has 21 heavy (non-hydrogen) atoms. The van der Waals surface area contributed by atoms with E-state index < -0.39 is 11.9 Å². The van der Waals surface area contributed by atoms with E-state index in [1.807, 2.05) is 6.92 Å².